The lowest BCUT2D eigenvalue weighted by atomic mass is 9.88. The van der Waals surface area contributed by atoms with Gasteiger partial charge < -0.3 is 10.4 Å². The molecule has 0 aromatic carbocycles. The molecule has 0 heterocycles. The third-order valence-corrected chi connectivity index (χ3v) is 2.62. The minimum atomic E-state index is 0.246. The highest BCUT2D eigenvalue weighted by molar-refractivity contribution is 4.74. The molecule has 0 fully saturated rings. The van der Waals surface area contributed by atoms with Gasteiger partial charge in [0.2, 0.25) is 0 Å². The van der Waals surface area contributed by atoms with Crippen molar-refractivity contribution in [1.29, 1.82) is 0 Å². The van der Waals surface area contributed by atoms with Crippen LogP contribution < -0.4 is 5.32 Å². The zero-order valence-corrected chi connectivity index (χ0v) is 11.1. The summed E-state index contributed by atoms with van der Waals surface area (Å²) in [5.41, 5.74) is 0.286. The Morgan fingerprint density at radius 2 is 1.87 bits per heavy atom. The van der Waals surface area contributed by atoms with E-state index in [-0.39, 0.29) is 18.1 Å². The number of aliphatic hydroxyl groups is 1. The Kier molecular flexibility index (Phi) is 7.20. The van der Waals surface area contributed by atoms with Crippen molar-refractivity contribution in [2.75, 3.05) is 13.2 Å². The van der Waals surface area contributed by atoms with Crippen molar-refractivity contribution in [2.24, 2.45) is 11.3 Å². The Bertz CT molecular complexity index is 151. The topological polar surface area (TPSA) is 32.3 Å². The molecule has 2 N–H and O–H groups in total. The molecule has 0 aromatic rings. The van der Waals surface area contributed by atoms with E-state index in [1.807, 2.05) is 0 Å². The lowest BCUT2D eigenvalue weighted by Crippen LogP contribution is -2.38. The summed E-state index contributed by atoms with van der Waals surface area (Å²) in [4.78, 5) is 0. The van der Waals surface area contributed by atoms with Crippen LogP contribution in [0.5, 0.6) is 0 Å². The average molecular weight is 215 g/mol. The van der Waals surface area contributed by atoms with Crippen molar-refractivity contribution in [3.05, 3.63) is 0 Å². The molecule has 2 unspecified atom stereocenters. The van der Waals surface area contributed by atoms with Gasteiger partial charge in [-0.2, -0.15) is 0 Å². The summed E-state index contributed by atoms with van der Waals surface area (Å²) in [6.07, 6.45) is 3.54. The van der Waals surface area contributed by atoms with Crippen molar-refractivity contribution in [3.63, 3.8) is 0 Å². The summed E-state index contributed by atoms with van der Waals surface area (Å²) in [6, 6.07) is 0.254. The minimum absolute atomic E-state index is 0.246. The Balaban J connectivity index is 3.80. The second kappa shape index (κ2) is 7.24. The van der Waals surface area contributed by atoms with Crippen LogP contribution in [0.3, 0.4) is 0 Å². The van der Waals surface area contributed by atoms with Gasteiger partial charge in [0.25, 0.3) is 0 Å². The van der Waals surface area contributed by atoms with Crippen LogP contribution >= 0.6 is 0 Å². The maximum Gasteiger partial charge on any atom is 0.0584 e. The molecular weight excluding hydrogens is 186 g/mol. The fraction of sp³-hybridized carbons (Fsp3) is 1.00. The molecule has 0 saturated heterocycles. The van der Waals surface area contributed by atoms with Gasteiger partial charge in [-0.3, -0.25) is 0 Å². The monoisotopic (exact) mass is 215 g/mol. The third-order valence-electron chi connectivity index (χ3n) is 2.62. The van der Waals surface area contributed by atoms with E-state index < -0.39 is 0 Å². The zero-order chi connectivity index (χ0) is 11.9. The number of nitrogens with one attached hydrogen (secondary N) is 1. The molecule has 15 heavy (non-hydrogen) atoms. The largest absolute Gasteiger partial charge is 0.395 e. The first kappa shape index (κ1) is 14.9. The van der Waals surface area contributed by atoms with Crippen molar-refractivity contribution < 1.29 is 5.11 Å². The van der Waals surface area contributed by atoms with Crippen molar-refractivity contribution in [1.82, 2.24) is 5.32 Å². The molecule has 0 bridgehead atoms. The first-order chi connectivity index (χ1) is 6.89. The Hall–Kier alpha value is -0.0800. The summed E-state index contributed by atoms with van der Waals surface area (Å²) in [5, 5.41) is 12.7. The van der Waals surface area contributed by atoms with E-state index in [4.69, 9.17) is 0 Å². The number of hydrogen-bond acceptors (Lipinski definition) is 2. The minimum Gasteiger partial charge on any atom is -0.395 e. The fourth-order valence-corrected chi connectivity index (χ4v) is 1.90. The number of rotatable bonds is 7. The molecule has 0 aliphatic heterocycles. The van der Waals surface area contributed by atoms with E-state index >= 15 is 0 Å². The van der Waals surface area contributed by atoms with Crippen LogP contribution in [0, 0.1) is 11.3 Å². The summed E-state index contributed by atoms with van der Waals surface area (Å²) in [7, 11) is 0. The molecule has 0 aliphatic carbocycles. The Morgan fingerprint density at radius 3 is 2.27 bits per heavy atom. The quantitative estimate of drug-likeness (QED) is 0.684. The van der Waals surface area contributed by atoms with E-state index in [0.717, 1.165) is 13.0 Å². The van der Waals surface area contributed by atoms with Crippen LogP contribution in [0.2, 0.25) is 0 Å². The van der Waals surface area contributed by atoms with E-state index in [1.54, 1.807) is 0 Å². The fourth-order valence-electron chi connectivity index (χ4n) is 1.90. The van der Waals surface area contributed by atoms with E-state index in [2.05, 4.69) is 39.9 Å². The van der Waals surface area contributed by atoms with Crippen molar-refractivity contribution in [3.8, 4) is 0 Å². The molecule has 0 spiro atoms. The van der Waals surface area contributed by atoms with E-state index in [0.29, 0.717) is 5.92 Å². The maximum absolute atomic E-state index is 9.27. The molecule has 0 aromatic heterocycles. The van der Waals surface area contributed by atoms with Gasteiger partial charge >= 0.3 is 0 Å². The molecule has 92 valence electrons. The average Bonchev–Trinajstić information content (AvgIpc) is 2.11. The van der Waals surface area contributed by atoms with Gasteiger partial charge in [-0.05, 0) is 30.7 Å². The summed E-state index contributed by atoms with van der Waals surface area (Å²) >= 11 is 0. The predicted octanol–water partition coefficient (Wildman–Crippen LogP) is 2.81. The summed E-state index contributed by atoms with van der Waals surface area (Å²) in [6.45, 7) is 12.4. The van der Waals surface area contributed by atoms with Crippen LogP contribution in [0.1, 0.15) is 53.9 Å². The summed E-state index contributed by atoms with van der Waals surface area (Å²) in [5.74, 6) is 0.712. The van der Waals surface area contributed by atoms with Gasteiger partial charge in [0.1, 0.15) is 0 Å². The second-order valence-electron chi connectivity index (χ2n) is 5.95. The molecule has 0 aliphatic rings. The first-order valence-corrected chi connectivity index (χ1v) is 6.23. The Labute approximate surface area is 95.5 Å². The van der Waals surface area contributed by atoms with Gasteiger partial charge in [0.15, 0.2) is 0 Å². The second-order valence-corrected chi connectivity index (χ2v) is 5.95. The number of hydrogen-bond donors (Lipinski definition) is 2. The first-order valence-electron chi connectivity index (χ1n) is 6.23. The van der Waals surface area contributed by atoms with Gasteiger partial charge in [-0.25, -0.2) is 0 Å². The molecule has 0 saturated carbocycles. The molecule has 2 atom stereocenters. The maximum atomic E-state index is 9.27. The highest BCUT2D eigenvalue weighted by Crippen LogP contribution is 2.20. The smallest absolute Gasteiger partial charge is 0.0584 e. The SMILES string of the molecule is CCCC(C)CNC(CO)CC(C)(C)C. The van der Waals surface area contributed by atoms with Gasteiger partial charge in [-0.1, -0.05) is 41.0 Å². The van der Waals surface area contributed by atoms with Crippen LogP contribution in [0.15, 0.2) is 0 Å². The predicted molar refractivity (Wildman–Crippen MR) is 67.0 cm³/mol. The normalized spacial score (nSPS) is 16.4. The third kappa shape index (κ3) is 8.88. The lowest BCUT2D eigenvalue weighted by molar-refractivity contribution is 0.194. The van der Waals surface area contributed by atoms with Crippen LogP contribution in [-0.2, 0) is 0 Å². The summed E-state index contributed by atoms with van der Waals surface area (Å²) < 4.78 is 0. The van der Waals surface area contributed by atoms with E-state index in [9.17, 15) is 5.11 Å². The van der Waals surface area contributed by atoms with Gasteiger partial charge in [0, 0.05) is 6.04 Å². The van der Waals surface area contributed by atoms with Crippen LogP contribution in [0.25, 0.3) is 0 Å². The molecule has 2 nitrogen and oxygen atoms in total. The molecule has 2 heteroatoms. The highest BCUT2D eigenvalue weighted by atomic mass is 16.3. The van der Waals surface area contributed by atoms with Gasteiger partial charge in [0.05, 0.1) is 6.61 Å². The molecular formula is C13H29NO. The lowest BCUT2D eigenvalue weighted by Gasteiger charge is -2.26. The molecule has 0 rings (SSSR count). The van der Waals surface area contributed by atoms with Crippen LogP contribution in [-0.4, -0.2) is 24.3 Å². The zero-order valence-electron chi connectivity index (χ0n) is 11.1. The number of aliphatic hydroxyl groups excluding tert-OH is 1. The van der Waals surface area contributed by atoms with Crippen LogP contribution in [0.4, 0.5) is 0 Å². The molecule has 0 amide bonds. The Morgan fingerprint density at radius 1 is 1.27 bits per heavy atom. The van der Waals surface area contributed by atoms with Gasteiger partial charge in [-0.15, -0.1) is 0 Å². The van der Waals surface area contributed by atoms with E-state index in [1.165, 1.54) is 12.8 Å². The molecule has 0 radical (unpaired) electrons. The highest BCUT2D eigenvalue weighted by Gasteiger charge is 2.18. The van der Waals surface area contributed by atoms with Crippen molar-refractivity contribution in [2.45, 2.75) is 59.9 Å². The standard InChI is InChI=1S/C13H29NO/c1-6-7-11(2)9-14-12(10-15)8-13(3,4)5/h11-12,14-15H,6-10H2,1-5H3. The van der Waals surface area contributed by atoms with Crippen molar-refractivity contribution >= 4 is 0 Å².